The van der Waals surface area contributed by atoms with Crippen LogP contribution in [0, 0.1) is 0 Å². The SMILES string of the molecule is COc1cc(C=C2N=C(c3cccc4ccccc34)OC2=O)cc(Br)c1OC. The molecule has 4 rings (SSSR count). The van der Waals surface area contributed by atoms with E-state index in [0.29, 0.717) is 21.9 Å². The van der Waals surface area contributed by atoms with Crippen molar-refractivity contribution in [2.45, 2.75) is 0 Å². The molecular weight excluding hydrogens is 422 g/mol. The van der Waals surface area contributed by atoms with Gasteiger partial charge in [0, 0.05) is 5.56 Å². The molecule has 0 atom stereocenters. The van der Waals surface area contributed by atoms with Gasteiger partial charge in [0.2, 0.25) is 5.90 Å². The number of aliphatic imine (C=N–C) groups is 1. The van der Waals surface area contributed by atoms with E-state index in [-0.39, 0.29) is 5.70 Å². The van der Waals surface area contributed by atoms with Crippen LogP contribution in [0.3, 0.4) is 0 Å². The number of fused-ring (bicyclic) bond motifs is 1. The molecule has 3 aromatic rings. The second kappa shape index (κ2) is 7.48. The molecule has 0 unspecified atom stereocenters. The monoisotopic (exact) mass is 437 g/mol. The molecule has 0 bridgehead atoms. The Labute approximate surface area is 170 Å². The van der Waals surface area contributed by atoms with Crippen LogP contribution in [0.2, 0.25) is 0 Å². The van der Waals surface area contributed by atoms with Gasteiger partial charge in [-0.25, -0.2) is 9.79 Å². The van der Waals surface area contributed by atoms with Gasteiger partial charge in [0.05, 0.1) is 18.7 Å². The number of carbonyl (C=O) groups is 1. The van der Waals surface area contributed by atoms with Gasteiger partial charge in [-0.3, -0.25) is 0 Å². The van der Waals surface area contributed by atoms with E-state index in [0.717, 1.165) is 21.9 Å². The molecule has 0 aromatic heterocycles. The largest absolute Gasteiger partial charge is 0.493 e. The summed E-state index contributed by atoms with van der Waals surface area (Å²) in [4.78, 5) is 16.8. The number of hydrogen-bond donors (Lipinski definition) is 0. The van der Waals surface area contributed by atoms with E-state index < -0.39 is 5.97 Å². The highest BCUT2D eigenvalue weighted by atomic mass is 79.9. The van der Waals surface area contributed by atoms with E-state index >= 15 is 0 Å². The highest BCUT2D eigenvalue weighted by molar-refractivity contribution is 9.10. The lowest BCUT2D eigenvalue weighted by atomic mass is 10.0. The molecule has 1 heterocycles. The van der Waals surface area contributed by atoms with Crippen molar-refractivity contribution in [3.8, 4) is 11.5 Å². The molecule has 0 amide bonds. The normalized spacial score (nSPS) is 14.9. The average molecular weight is 438 g/mol. The topological polar surface area (TPSA) is 57.1 Å². The Morgan fingerprint density at radius 3 is 2.61 bits per heavy atom. The minimum Gasteiger partial charge on any atom is -0.493 e. The Bertz CT molecular complexity index is 1150. The number of methoxy groups -OCH3 is 2. The van der Waals surface area contributed by atoms with Crippen LogP contribution in [0.5, 0.6) is 11.5 Å². The summed E-state index contributed by atoms with van der Waals surface area (Å²) >= 11 is 3.45. The molecule has 5 nitrogen and oxygen atoms in total. The van der Waals surface area contributed by atoms with Crippen LogP contribution in [-0.2, 0) is 9.53 Å². The summed E-state index contributed by atoms with van der Waals surface area (Å²) in [5.74, 6) is 0.938. The Balaban J connectivity index is 1.76. The summed E-state index contributed by atoms with van der Waals surface area (Å²) in [5.41, 5.74) is 1.74. The third-order valence-corrected chi connectivity index (χ3v) is 4.99. The van der Waals surface area contributed by atoms with Crippen LogP contribution in [-0.4, -0.2) is 26.1 Å². The summed E-state index contributed by atoms with van der Waals surface area (Å²) in [5, 5.41) is 2.03. The molecule has 0 spiro atoms. The van der Waals surface area contributed by atoms with Gasteiger partial charge in [-0.15, -0.1) is 0 Å². The van der Waals surface area contributed by atoms with Crippen molar-refractivity contribution in [3.63, 3.8) is 0 Å². The Kier molecular flexibility index (Phi) is 4.88. The van der Waals surface area contributed by atoms with Crippen molar-refractivity contribution in [2.75, 3.05) is 14.2 Å². The molecule has 6 heteroatoms. The minimum atomic E-state index is -0.492. The first-order chi connectivity index (χ1) is 13.6. The highest BCUT2D eigenvalue weighted by Crippen LogP contribution is 2.37. The number of benzene rings is 3. The number of ether oxygens (including phenoxy) is 3. The number of nitrogens with zero attached hydrogens (tertiary/aromatic N) is 1. The number of carbonyl (C=O) groups excluding carboxylic acids is 1. The molecular formula is C22H16BrNO4. The molecule has 0 saturated carbocycles. The zero-order chi connectivity index (χ0) is 19.7. The Morgan fingerprint density at radius 1 is 1.04 bits per heavy atom. The van der Waals surface area contributed by atoms with Crippen LogP contribution in [0.25, 0.3) is 16.8 Å². The number of hydrogen-bond acceptors (Lipinski definition) is 5. The summed E-state index contributed by atoms with van der Waals surface area (Å²) < 4.78 is 16.8. The summed E-state index contributed by atoms with van der Waals surface area (Å²) in [6.45, 7) is 0. The minimum absolute atomic E-state index is 0.224. The Morgan fingerprint density at radius 2 is 1.82 bits per heavy atom. The lowest BCUT2D eigenvalue weighted by Crippen LogP contribution is -2.05. The van der Waals surface area contributed by atoms with Crippen LogP contribution in [0.1, 0.15) is 11.1 Å². The van der Waals surface area contributed by atoms with Crippen LogP contribution in [0.15, 0.2) is 69.8 Å². The molecule has 0 N–H and O–H groups in total. The van der Waals surface area contributed by atoms with Gasteiger partial charge in [0.1, 0.15) is 0 Å². The summed E-state index contributed by atoms with van der Waals surface area (Å²) in [7, 11) is 3.12. The molecule has 3 aromatic carbocycles. The fourth-order valence-corrected chi connectivity index (χ4v) is 3.74. The van der Waals surface area contributed by atoms with Crippen LogP contribution < -0.4 is 9.47 Å². The van der Waals surface area contributed by atoms with E-state index in [9.17, 15) is 4.79 Å². The van der Waals surface area contributed by atoms with Crippen LogP contribution in [0.4, 0.5) is 0 Å². The average Bonchev–Trinajstić information content (AvgIpc) is 3.07. The van der Waals surface area contributed by atoms with E-state index in [2.05, 4.69) is 20.9 Å². The maximum atomic E-state index is 12.4. The first-order valence-corrected chi connectivity index (χ1v) is 9.32. The number of halogens is 1. The maximum absolute atomic E-state index is 12.4. The maximum Gasteiger partial charge on any atom is 0.363 e. The van der Waals surface area contributed by atoms with E-state index in [4.69, 9.17) is 14.2 Å². The first-order valence-electron chi connectivity index (χ1n) is 8.53. The molecule has 140 valence electrons. The number of esters is 1. The molecule has 1 aliphatic rings. The summed E-state index contributed by atoms with van der Waals surface area (Å²) in [6, 6.07) is 17.3. The van der Waals surface area contributed by atoms with Crippen molar-refractivity contribution >= 4 is 44.6 Å². The number of rotatable bonds is 4. The van der Waals surface area contributed by atoms with Gasteiger partial charge in [-0.2, -0.15) is 0 Å². The van der Waals surface area contributed by atoms with E-state index in [1.165, 1.54) is 0 Å². The highest BCUT2D eigenvalue weighted by Gasteiger charge is 2.25. The lowest BCUT2D eigenvalue weighted by Gasteiger charge is -2.10. The zero-order valence-corrected chi connectivity index (χ0v) is 16.8. The quantitative estimate of drug-likeness (QED) is 0.427. The zero-order valence-electron chi connectivity index (χ0n) is 15.2. The van der Waals surface area contributed by atoms with Crippen molar-refractivity contribution in [1.82, 2.24) is 0 Å². The third kappa shape index (κ3) is 3.27. The van der Waals surface area contributed by atoms with Gasteiger partial charge >= 0.3 is 5.97 Å². The molecule has 0 saturated heterocycles. The fourth-order valence-electron chi connectivity index (χ4n) is 3.12. The van der Waals surface area contributed by atoms with E-state index in [1.807, 2.05) is 48.5 Å². The second-order valence-corrected chi connectivity index (χ2v) is 6.96. The molecule has 0 radical (unpaired) electrons. The first kappa shape index (κ1) is 18.3. The number of cyclic esters (lactones) is 1. The second-order valence-electron chi connectivity index (χ2n) is 6.10. The van der Waals surface area contributed by atoms with Gasteiger partial charge < -0.3 is 14.2 Å². The molecule has 0 fully saturated rings. The van der Waals surface area contributed by atoms with Crippen molar-refractivity contribution in [1.29, 1.82) is 0 Å². The van der Waals surface area contributed by atoms with Gasteiger partial charge in [0.15, 0.2) is 17.2 Å². The fraction of sp³-hybridized carbons (Fsp3) is 0.0909. The molecule has 1 aliphatic heterocycles. The van der Waals surface area contributed by atoms with Crippen molar-refractivity contribution in [3.05, 3.63) is 75.9 Å². The molecule has 0 aliphatic carbocycles. The third-order valence-electron chi connectivity index (χ3n) is 4.40. The van der Waals surface area contributed by atoms with Gasteiger partial charge in [0.25, 0.3) is 0 Å². The summed E-state index contributed by atoms with van der Waals surface area (Å²) in [6.07, 6.45) is 1.66. The van der Waals surface area contributed by atoms with Crippen LogP contribution >= 0.6 is 15.9 Å². The standard InChI is InChI=1S/C22H16BrNO4/c1-26-19-12-13(10-17(23)20(19)27-2)11-18-22(25)28-21(24-18)16-9-5-7-14-6-3-4-8-15(14)16/h3-12H,1-2H3. The van der Waals surface area contributed by atoms with Crippen molar-refractivity contribution in [2.24, 2.45) is 4.99 Å². The van der Waals surface area contributed by atoms with Gasteiger partial charge in [-0.1, -0.05) is 36.4 Å². The lowest BCUT2D eigenvalue weighted by molar-refractivity contribution is -0.129. The predicted octanol–water partition coefficient (Wildman–Crippen LogP) is 4.96. The Hall–Kier alpha value is -3.12. The van der Waals surface area contributed by atoms with Crippen molar-refractivity contribution < 1.29 is 19.0 Å². The van der Waals surface area contributed by atoms with Gasteiger partial charge in [-0.05, 0) is 56.5 Å². The smallest absolute Gasteiger partial charge is 0.363 e. The molecule has 28 heavy (non-hydrogen) atoms. The predicted molar refractivity (Wildman–Crippen MR) is 112 cm³/mol. The van der Waals surface area contributed by atoms with E-state index in [1.54, 1.807) is 26.4 Å².